The van der Waals surface area contributed by atoms with Crippen LogP contribution < -0.4 is 5.32 Å². The molecule has 0 heterocycles. The van der Waals surface area contributed by atoms with Gasteiger partial charge in [-0.15, -0.1) is 5.73 Å². The highest BCUT2D eigenvalue weighted by Gasteiger charge is 2.10. The molecule has 1 atom stereocenters. The summed E-state index contributed by atoms with van der Waals surface area (Å²) in [6, 6.07) is 0. The summed E-state index contributed by atoms with van der Waals surface area (Å²) >= 11 is 0. The van der Waals surface area contributed by atoms with Crippen molar-refractivity contribution >= 4 is 0 Å². The van der Waals surface area contributed by atoms with E-state index < -0.39 is 0 Å². The molecule has 0 aromatic carbocycles. The predicted molar refractivity (Wildman–Crippen MR) is 97.9 cm³/mol. The molecule has 22 heavy (non-hydrogen) atoms. The first-order valence-electron chi connectivity index (χ1n) is 8.93. The Morgan fingerprint density at radius 1 is 1.36 bits per heavy atom. The molecule has 0 aliphatic heterocycles. The molecule has 0 saturated heterocycles. The molecule has 0 bridgehead atoms. The van der Waals surface area contributed by atoms with Gasteiger partial charge in [0.2, 0.25) is 0 Å². The second-order valence-electron chi connectivity index (χ2n) is 6.13. The van der Waals surface area contributed by atoms with Crippen LogP contribution in [0.25, 0.3) is 0 Å². The summed E-state index contributed by atoms with van der Waals surface area (Å²) < 4.78 is 0. The molecule has 0 amide bonds. The normalized spacial score (nSPS) is 18.5. The van der Waals surface area contributed by atoms with Gasteiger partial charge in [-0.2, -0.15) is 0 Å². The van der Waals surface area contributed by atoms with Crippen LogP contribution in [0.1, 0.15) is 53.4 Å². The average molecular weight is 303 g/mol. The van der Waals surface area contributed by atoms with Crippen LogP contribution >= 0.6 is 0 Å². The summed E-state index contributed by atoms with van der Waals surface area (Å²) in [7, 11) is 0. The molecule has 0 aromatic heterocycles. The van der Waals surface area contributed by atoms with Gasteiger partial charge in [0.15, 0.2) is 0 Å². The lowest BCUT2D eigenvalue weighted by Gasteiger charge is -2.20. The van der Waals surface area contributed by atoms with Gasteiger partial charge < -0.3 is 10.2 Å². The van der Waals surface area contributed by atoms with E-state index in [1.165, 1.54) is 24.0 Å². The van der Waals surface area contributed by atoms with Crippen molar-refractivity contribution < 1.29 is 0 Å². The fourth-order valence-corrected chi connectivity index (χ4v) is 2.84. The van der Waals surface area contributed by atoms with Crippen molar-refractivity contribution in [3.8, 4) is 0 Å². The minimum atomic E-state index is 0.651. The minimum Gasteiger partial charge on any atom is -0.384 e. The molecule has 1 aliphatic carbocycles. The lowest BCUT2D eigenvalue weighted by atomic mass is 9.91. The Balaban J connectivity index is 2.64. The molecule has 0 spiro atoms. The van der Waals surface area contributed by atoms with Crippen LogP contribution in [-0.2, 0) is 0 Å². The van der Waals surface area contributed by atoms with E-state index in [-0.39, 0.29) is 0 Å². The molecule has 1 rings (SSSR count). The maximum atomic E-state index is 4.21. The zero-order valence-corrected chi connectivity index (χ0v) is 15.0. The van der Waals surface area contributed by atoms with Crippen LogP contribution in [0, 0.1) is 5.92 Å². The van der Waals surface area contributed by atoms with Crippen molar-refractivity contribution in [1.82, 2.24) is 10.2 Å². The number of hydrogen-bond donors (Lipinski definition) is 1. The van der Waals surface area contributed by atoms with Gasteiger partial charge in [0.25, 0.3) is 0 Å². The van der Waals surface area contributed by atoms with Crippen molar-refractivity contribution in [1.29, 1.82) is 0 Å². The van der Waals surface area contributed by atoms with Crippen LogP contribution in [-0.4, -0.2) is 31.1 Å². The zero-order valence-electron chi connectivity index (χ0n) is 15.0. The van der Waals surface area contributed by atoms with Crippen molar-refractivity contribution in [2.24, 2.45) is 5.92 Å². The van der Waals surface area contributed by atoms with Crippen LogP contribution in [0.15, 0.2) is 41.3 Å². The molecule has 1 aliphatic rings. The fraction of sp³-hybridized carbons (Fsp3) is 0.650. The van der Waals surface area contributed by atoms with Crippen LogP contribution in [0.2, 0.25) is 0 Å². The summed E-state index contributed by atoms with van der Waals surface area (Å²) in [5.74, 6) is 0.651. The molecule has 0 radical (unpaired) electrons. The number of likely N-dealkylation sites (N-methyl/N-ethyl adjacent to an activating group) is 1. The Hall–Kier alpha value is -1.24. The highest BCUT2D eigenvalue weighted by Crippen LogP contribution is 2.24. The van der Waals surface area contributed by atoms with Crippen LogP contribution in [0.5, 0.6) is 0 Å². The number of allylic oxidation sites excluding steroid dienone is 2. The average Bonchev–Trinajstić information content (AvgIpc) is 2.51. The van der Waals surface area contributed by atoms with E-state index in [0.717, 1.165) is 44.7 Å². The molecule has 124 valence electrons. The second-order valence-corrected chi connectivity index (χ2v) is 6.13. The highest BCUT2D eigenvalue weighted by molar-refractivity contribution is 5.37. The molecule has 2 nitrogen and oxygen atoms in total. The van der Waals surface area contributed by atoms with Gasteiger partial charge in [0.1, 0.15) is 0 Å². The van der Waals surface area contributed by atoms with E-state index in [1.807, 2.05) is 0 Å². The first kappa shape index (κ1) is 18.8. The van der Waals surface area contributed by atoms with Crippen LogP contribution in [0.3, 0.4) is 0 Å². The van der Waals surface area contributed by atoms with Crippen LogP contribution in [0.4, 0.5) is 0 Å². The summed E-state index contributed by atoms with van der Waals surface area (Å²) in [6.07, 6.45) is 9.13. The van der Waals surface area contributed by atoms with Gasteiger partial charge in [-0.05, 0) is 49.9 Å². The van der Waals surface area contributed by atoms with Gasteiger partial charge in [0.05, 0.1) is 0 Å². The maximum Gasteiger partial charge on any atom is 0.0344 e. The molecule has 0 fully saturated rings. The molecular formula is C20H34N2. The lowest BCUT2D eigenvalue weighted by Crippen LogP contribution is -2.31. The van der Waals surface area contributed by atoms with Gasteiger partial charge in [-0.25, -0.2) is 0 Å². The summed E-state index contributed by atoms with van der Waals surface area (Å²) in [5, 5.41) is 3.47. The monoisotopic (exact) mass is 302 g/mol. The Kier molecular flexibility index (Phi) is 8.96. The number of hydrogen-bond acceptors (Lipinski definition) is 2. The second kappa shape index (κ2) is 10.5. The van der Waals surface area contributed by atoms with E-state index >= 15 is 0 Å². The molecule has 1 unspecified atom stereocenters. The first-order chi connectivity index (χ1) is 10.6. The maximum absolute atomic E-state index is 4.21. The molecular weight excluding hydrogens is 268 g/mol. The third kappa shape index (κ3) is 6.25. The third-order valence-electron chi connectivity index (χ3n) is 4.50. The highest BCUT2D eigenvalue weighted by atomic mass is 15.1. The molecule has 2 heteroatoms. The van der Waals surface area contributed by atoms with Crippen molar-refractivity contribution in [2.45, 2.75) is 53.4 Å². The summed E-state index contributed by atoms with van der Waals surface area (Å²) in [6.45, 7) is 17.4. The Labute approximate surface area is 137 Å². The number of rotatable bonds is 9. The van der Waals surface area contributed by atoms with E-state index in [4.69, 9.17) is 0 Å². The van der Waals surface area contributed by atoms with Crippen molar-refractivity contribution in [3.63, 3.8) is 0 Å². The van der Waals surface area contributed by atoms with Gasteiger partial charge in [-0.3, -0.25) is 0 Å². The Morgan fingerprint density at radius 2 is 2.09 bits per heavy atom. The van der Waals surface area contributed by atoms with E-state index in [0.29, 0.717) is 5.92 Å². The van der Waals surface area contributed by atoms with Crippen molar-refractivity contribution in [2.75, 3.05) is 26.2 Å². The minimum absolute atomic E-state index is 0.651. The van der Waals surface area contributed by atoms with E-state index in [1.54, 1.807) is 0 Å². The van der Waals surface area contributed by atoms with E-state index in [2.05, 4.69) is 62.4 Å². The molecule has 0 saturated carbocycles. The fourth-order valence-electron chi connectivity index (χ4n) is 2.84. The molecule has 0 aromatic rings. The smallest absolute Gasteiger partial charge is 0.0344 e. The predicted octanol–water partition coefficient (Wildman–Crippen LogP) is 4.67. The van der Waals surface area contributed by atoms with Gasteiger partial charge in [-0.1, -0.05) is 46.8 Å². The zero-order chi connectivity index (χ0) is 16.4. The number of nitrogens with zero attached hydrogens (tertiary/aromatic N) is 1. The Morgan fingerprint density at radius 3 is 2.73 bits per heavy atom. The molecule has 1 N–H and O–H groups in total. The lowest BCUT2D eigenvalue weighted by molar-refractivity contribution is 0.306. The van der Waals surface area contributed by atoms with Crippen molar-refractivity contribution in [3.05, 3.63) is 41.3 Å². The quantitative estimate of drug-likeness (QED) is 0.623. The van der Waals surface area contributed by atoms with Gasteiger partial charge in [0, 0.05) is 24.4 Å². The van der Waals surface area contributed by atoms with E-state index in [9.17, 15) is 0 Å². The Bertz CT molecular complexity index is 435. The first-order valence-corrected chi connectivity index (χ1v) is 8.93. The summed E-state index contributed by atoms with van der Waals surface area (Å²) in [5.41, 5.74) is 7.24. The topological polar surface area (TPSA) is 15.3 Å². The largest absolute Gasteiger partial charge is 0.384 e. The standard InChI is InChI=1S/C20H34N2/c1-6-10-19-13-14-20(12-9-11-17(19)4)18(5)21-15-16-22(7-2)8-3/h12,14,17,21H,5-11,15-16H2,1-4H3. The SMILES string of the molecule is C=C(NCCN(CC)CC)C1=CCCC(C)C(CCC)=C=C1. The number of nitrogens with one attached hydrogen (secondary N) is 1. The third-order valence-corrected chi connectivity index (χ3v) is 4.50. The summed E-state index contributed by atoms with van der Waals surface area (Å²) in [4.78, 5) is 2.42. The van der Waals surface area contributed by atoms with Gasteiger partial charge >= 0.3 is 0 Å².